The van der Waals surface area contributed by atoms with E-state index in [2.05, 4.69) is 0 Å². The second-order valence-electron chi connectivity index (χ2n) is 2.84. The lowest BCUT2D eigenvalue weighted by atomic mass is 10.0. The van der Waals surface area contributed by atoms with Crippen molar-refractivity contribution in [2.75, 3.05) is 6.61 Å². The van der Waals surface area contributed by atoms with Crippen molar-refractivity contribution < 1.29 is 9.50 Å². The first kappa shape index (κ1) is 10.8. The van der Waals surface area contributed by atoms with Gasteiger partial charge in [-0.15, -0.1) is 0 Å². The van der Waals surface area contributed by atoms with E-state index in [-0.39, 0.29) is 23.1 Å². The molecule has 0 saturated carbocycles. The van der Waals surface area contributed by atoms with Gasteiger partial charge in [0.05, 0.1) is 5.02 Å². The van der Waals surface area contributed by atoms with Crippen LogP contribution in [-0.4, -0.2) is 11.7 Å². The van der Waals surface area contributed by atoms with E-state index < -0.39 is 5.82 Å². The smallest absolute Gasteiger partial charge is 0.146 e. The average molecular weight is 223 g/mol. The summed E-state index contributed by atoms with van der Waals surface area (Å²) in [5, 5.41) is 9.18. The number of rotatable bonds is 2. The fourth-order valence-corrected chi connectivity index (χ4v) is 1.58. The Bertz CT molecular complexity index is 315. The number of aliphatic hydroxyl groups is 1. The lowest BCUT2D eigenvalue weighted by Gasteiger charge is -2.12. The summed E-state index contributed by atoms with van der Waals surface area (Å²) >= 11 is 11.3. The van der Waals surface area contributed by atoms with E-state index in [0.29, 0.717) is 5.02 Å². The van der Waals surface area contributed by atoms with Crippen molar-refractivity contribution >= 4 is 23.2 Å². The van der Waals surface area contributed by atoms with Gasteiger partial charge < -0.3 is 5.11 Å². The molecular formula is C9H9Cl2FO. The topological polar surface area (TPSA) is 20.2 Å². The lowest BCUT2D eigenvalue weighted by molar-refractivity contribution is 0.270. The Morgan fingerprint density at radius 3 is 2.46 bits per heavy atom. The molecule has 1 rings (SSSR count). The summed E-state index contributed by atoms with van der Waals surface area (Å²) in [7, 11) is 0. The predicted octanol–water partition coefficient (Wildman–Crippen LogP) is 3.23. The van der Waals surface area contributed by atoms with E-state index in [0.717, 1.165) is 0 Å². The van der Waals surface area contributed by atoms with Crippen LogP contribution in [0.2, 0.25) is 10.0 Å². The monoisotopic (exact) mass is 222 g/mol. The van der Waals surface area contributed by atoms with Crippen molar-refractivity contribution in [3.63, 3.8) is 0 Å². The van der Waals surface area contributed by atoms with E-state index in [1.807, 2.05) is 0 Å². The van der Waals surface area contributed by atoms with Gasteiger partial charge in [0.15, 0.2) is 0 Å². The summed E-state index contributed by atoms with van der Waals surface area (Å²) in [4.78, 5) is 0. The quantitative estimate of drug-likeness (QED) is 0.763. The van der Waals surface area contributed by atoms with Gasteiger partial charge in [0, 0.05) is 23.1 Å². The first-order valence-electron chi connectivity index (χ1n) is 3.82. The van der Waals surface area contributed by atoms with Crippen molar-refractivity contribution in [2.45, 2.75) is 12.8 Å². The van der Waals surface area contributed by atoms with Crippen LogP contribution in [0.1, 0.15) is 18.4 Å². The van der Waals surface area contributed by atoms with Crippen molar-refractivity contribution in [3.05, 3.63) is 33.6 Å². The molecule has 0 aliphatic carbocycles. The normalized spacial score (nSPS) is 13.0. The summed E-state index contributed by atoms with van der Waals surface area (Å²) in [5.74, 6) is -0.887. The molecule has 0 fully saturated rings. The van der Waals surface area contributed by atoms with Crippen LogP contribution >= 0.6 is 23.2 Å². The fourth-order valence-electron chi connectivity index (χ4n) is 1.09. The summed E-state index contributed by atoms with van der Waals surface area (Å²) in [5.41, 5.74) is 0.275. The molecule has 1 unspecified atom stereocenters. The van der Waals surface area contributed by atoms with Gasteiger partial charge in [-0.3, -0.25) is 0 Å². The van der Waals surface area contributed by atoms with Gasteiger partial charge >= 0.3 is 0 Å². The number of benzene rings is 1. The van der Waals surface area contributed by atoms with Crippen LogP contribution in [0.15, 0.2) is 12.1 Å². The Morgan fingerprint density at radius 2 is 1.92 bits per heavy atom. The van der Waals surface area contributed by atoms with Gasteiger partial charge in [-0.25, -0.2) is 4.39 Å². The highest BCUT2D eigenvalue weighted by Crippen LogP contribution is 2.30. The third-order valence-electron chi connectivity index (χ3n) is 1.85. The molecule has 0 radical (unpaired) electrons. The zero-order valence-corrected chi connectivity index (χ0v) is 8.53. The van der Waals surface area contributed by atoms with E-state index in [4.69, 9.17) is 28.3 Å². The molecule has 1 aromatic rings. The second-order valence-corrected chi connectivity index (χ2v) is 3.65. The van der Waals surface area contributed by atoms with Crippen molar-refractivity contribution in [1.29, 1.82) is 0 Å². The number of aliphatic hydroxyl groups excluding tert-OH is 1. The molecule has 0 spiro atoms. The van der Waals surface area contributed by atoms with Gasteiger partial charge in [0.25, 0.3) is 0 Å². The molecule has 0 aromatic heterocycles. The fraction of sp³-hybridized carbons (Fsp3) is 0.333. The third-order valence-corrected chi connectivity index (χ3v) is 2.47. The van der Waals surface area contributed by atoms with E-state index in [9.17, 15) is 4.39 Å². The molecule has 1 aromatic carbocycles. The van der Waals surface area contributed by atoms with Gasteiger partial charge in [-0.05, 0) is 12.1 Å². The number of hydrogen-bond acceptors (Lipinski definition) is 1. The van der Waals surface area contributed by atoms with Crippen molar-refractivity contribution in [2.24, 2.45) is 0 Å². The Labute approximate surface area is 86.1 Å². The van der Waals surface area contributed by atoms with Gasteiger partial charge in [0.1, 0.15) is 5.82 Å². The number of hydrogen-bond donors (Lipinski definition) is 1. The van der Waals surface area contributed by atoms with Crippen molar-refractivity contribution in [3.8, 4) is 0 Å². The lowest BCUT2D eigenvalue weighted by Crippen LogP contribution is -2.03. The molecule has 0 heterocycles. The van der Waals surface area contributed by atoms with Gasteiger partial charge in [0.2, 0.25) is 0 Å². The van der Waals surface area contributed by atoms with Crippen LogP contribution < -0.4 is 0 Å². The zero-order chi connectivity index (χ0) is 10.0. The Morgan fingerprint density at radius 1 is 1.38 bits per heavy atom. The van der Waals surface area contributed by atoms with Crippen LogP contribution in [0, 0.1) is 5.82 Å². The first-order chi connectivity index (χ1) is 6.07. The maximum atomic E-state index is 13.4. The zero-order valence-electron chi connectivity index (χ0n) is 7.02. The maximum Gasteiger partial charge on any atom is 0.146 e. The van der Waals surface area contributed by atoms with E-state index >= 15 is 0 Å². The minimum atomic E-state index is -0.546. The average Bonchev–Trinajstić information content (AvgIpc) is 2.12. The molecule has 72 valence electrons. The standard InChI is InChI=1S/C9H9Cl2FO/c1-5(4-13)8-6(10)2-3-7(11)9(8)12/h2-3,5,13H,4H2,1H3. The number of halogens is 3. The first-order valence-corrected chi connectivity index (χ1v) is 4.57. The highest BCUT2D eigenvalue weighted by molar-refractivity contribution is 6.33. The van der Waals surface area contributed by atoms with Gasteiger partial charge in [-0.1, -0.05) is 30.1 Å². The summed E-state index contributed by atoms with van der Waals surface area (Å²) in [6, 6.07) is 2.92. The molecular weight excluding hydrogens is 214 g/mol. The Kier molecular flexibility index (Phi) is 3.54. The van der Waals surface area contributed by atoms with E-state index in [1.54, 1.807) is 6.92 Å². The van der Waals surface area contributed by atoms with Gasteiger partial charge in [-0.2, -0.15) is 0 Å². The van der Waals surface area contributed by atoms with Crippen LogP contribution in [0.3, 0.4) is 0 Å². The summed E-state index contributed by atoms with van der Waals surface area (Å²) < 4.78 is 13.4. The predicted molar refractivity (Wildman–Crippen MR) is 51.9 cm³/mol. The highest BCUT2D eigenvalue weighted by atomic mass is 35.5. The summed E-state index contributed by atoms with van der Waals surface area (Å²) in [6.07, 6.45) is 0. The Hall–Kier alpha value is -0.310. The molecule has 1 N–H and O–H groups in total. The third kappa shape index (κ3) is 2.13. The summed E-state index contributed by atoms with van der Waals surface area (Å²) in [6.45, 7) is 1.53. The minimum absolute atomic E-state index is 0.0275. The Balaban J connectivity index is 3.25. The molecule has 13 heavy (non-hydrogen) atoms. The largest absolute Gasteiger partial charge is 0.396 e. The molecule has 1 atom stereocenters. The SMILES string of the molecule is CC(CO)c1c(Cl)ccc(Cl)c1F. The highest BCUT2D eigenvalue weighted by Gasteiger charge is 2.16. The molecule has 0 bridgehead atoms. The molecule has 0 aliphatic rings. The maximum absolute atomic E-state index is 13.4. The van der Waals surface area contributed by atoms with E-state index in [1.165, 1.54) is 12.1 Å². The van der Waals surface area contributed by atoms with Crippen molar-refractivity contribution in [1.82, 2.24) is 0 Å². The molecule has 0 saturated heterocycles. The molecule has 4 heteroatoms. The van der Waals surface area contributed by atoms with Crippen LogP contribution in [0.4, 0.5) is 4.39 Å². The molecule has 1 nitrogen and oxygen atoms in total. The van der Waals surface area contributed by atoms with Crippen LogP contribution in [0.25, 0.3) is 0 Å². The second kappa shape index (κ2) is 4.27. The molecule has 0 amide bonds. The van der Waals surface area contributed by atoms with Crippen LogP contribution in [0.5, 0.6) is 0 Å². The molecule has 0 aliphatic heterocycles. The minimum Gasteiger partial charge on any atom is -0.396 e. The van der Waals surface area contributed by atoms with Crippen LogP contribution in [-0.2, 0) is 0 Å².